The van der Waals surface area contributed by atoms with Crippen LogP contribution in [0.15, 0.2) is 36.4 Å². The Morgan fingerprint density at radius 1 is 1.19 bits per heavy atom. The maximum absolute atomic E-state index is 13.5. The first kappa shape index (κ1) is 18.3. The molecule has 1 aliphatic heterocycles. The lowest BCUT2D eigenvalue weighted by atomic mass is 10.1. The van der Waals surface area contributed by atoms with Crippen molar-refractivity contribution in [1.29, 1.82) is 0 Å². The van der Waals surface area contributed by atoms with Gasteiger partial charge in [0.05, 0.1) is 11.4 Å². The number of carbonyl (C=O) groups is 1. The highest BCUT2D eigenvalue weighted by molar-refractivity contribution is 7.92. The highest BCUT2D eigenvalue weighted by Crippen LogP contribution is 2.31. The molecule has 0 saturated heterocycles. The van der Waals surface area contributed by atoms with Crippen molar-refractivity contribution in [1.82, 2.24) is 0 Å². The molecular formula is C18H17F2NO4S. The number of ether oxygens (including phenoxy) is 1. The smallest absolute Gasteiger partial charge is 0.234 e. The third kappa shape index (κ3) is 3.55. The number of benzene rings is 2. The first-order valence-corrected chi connectivity index (χ1v) is 9.67. The summed E-state index contributed by atoms with van der Waals surface area (Å²) in [4.78, 5) is 12.3. The van der Waals surface area contributed by atoms with E-state index >= 15 is 0 Å². The van der Waals surface area contributed by atoms with Crippen LogP contribution in [0.25, 0.3) is 0 Å². The van der Waals surface area contributed by atoms with Crippen LogP contribution in [-0.4, -0.2) is 33.1 Å². The molecule has 0 saturated carbocycles. The number of anilines is 1. The number of fused-ring (bicyclic) bond motifs is 1. The van der Waals surface area contributed by atoms with Crippen molar-refractivity contribution < 1.29 is 26.7 Å². The molecule has 138 valence electrons. The minimum atomic E-state index is -3.35. The predicted molar refractivity (Wildman–Crippen MR) is 93.1 cm³/mol. The molecule has 0 aromatic heterocycles. The molecule has 0 bridgehead atoms. The van der Waals surface area contributed by atoms with Crippen molar-refractivity contribution in [2.45, 2.75) is 13.3 Å². The fraction of sp³-hybridized carbons (Fsp3) is 0.278. The molecule has 1 heterocycles. The van der Waals surface area contributed by atoms with Crippen LogP contribution >= 0.6 is 0 Å². The van der Waals surface area contributed by atoms with Crippen molar-refractivity contribution in [3.05, 3.63) is 59.2 Å². The summed E-state index contributed by atoms with van der Waals surface area (Å²) in [6.07, 6.45) is 0.517. The minimum absolute atomic E-state index is 0.00416. The Hall–Kier alpha value is -2.48. The van der Waals surface area contributed by atoms with Gasteiger partial charge >= 0.3 is 0 Å². The quantitative estimate of drug-likeness (QED) is 0.722. The van der Waals surface area contributed by atoms with E-state index in [-0.39, 0.29) is 17.3 Å². The summed E-state index contributed by atoms with van der Waals surface area (Å²) in [5.41, 5.74) is 1.69. The van der Waals surface area contributed by atoms with E-state index in [2.05, 4.69) is 0 Å². The number of halogens is 2. The molecule has 0 spiro atoms. The lowest BCUT2D eigenvalue weighted by Crippen LogP contribution is -2.30. The number of carbonyl (C=O) groups excluding carboxylic acids is 1. The van der Waals surface area contributed by atoms with E-state index in [0.717, 1.165) is 17.7 Å². The normalized spacial score (nSPS) is 13.6. The number of sulfonamides is 1. The van der Waals surface area contributed by atoms with Gasteiger partial charge in [0, 0.05) is 18.2 Å². The van der Waals surface area contributed by atoms with Gasteiger partial charge in [-0.1, -0.05) is 0 Å². The molecule has 0 N–H and O–H groups in total. The Bertz CT molecular complexity index is 960. The van der Waals surface area contributed by atoms with E-state index in [9.17, 15) is 22.0 Å². The molecule has 0 radical (unpaired) electrons. The zero-order chi connectivity index (χ0) is 18.9. The lowest BCUT2D eigenvalue weighted by Gasteiger charge is -2.18. The minimum Gasteiger partial charge on any atom is -0.482 e. The average Bonchev–Trinajstić information content (AvgIpc) is 3.04. The van der Waals surface area contributed by atoms with Crippen LogP contribution in [0.4, 0.5) is 14.5 Å². The topological polar surface area (TPSA) is 63.7 Å². The number of Topliss-reactive ketones (excluding diaryl/α,β-unsaturated/α-hetero) is 1. The SMILES string of the molecule is CCS(=O)(=O)N1CCc2cc(C(=O)COc3ccc(F)cc3F)ccc21. The van der Waals surface area contributed by atoms with Gasteiger partial charge < -0.3 is 4.74 Å². The number of nitrogens with zero attached hydrogens (tertiary/aromatic N) is 1. The van der Waals surface area contributed by atoms with E-state index < -0.39 is 28.3 Å². The summed E-state index contributed by atoms with van der Waals surface area (Å²) in [6.45, 7) is 1.52. The van der Waals surface area contributed by atoms with Crippen LogP contribution in [0.3, 0.4) is 0 Å². The second-order valence-corrected chi connectivity index (χ2v) is 8.03. The Labute approximate surface area is 150 Å². The summed E-state index contributed by atoms with van der Waals surface area (Å²) in [5, 5.41) is 0. The van der Waals surface area contributed by atoms with Crippen molar-refractivity contribution >= 4 is 21.5 Å². The molecule has 0 amide bonds. The molecule has 0 aliphatic carbocycles. The Morgan fingerprint density at radius 2 is 1.96 bits per heavy atom. The first-order valence-electron chi connectivity index (χ1n) is 8.06. The standard InChI is InChI=1S/C18H17F2NO4S/c1-2-26(23,24)21-8-7-12-9-13(3-5-16(12)21)17(22)11-25-18-6-4-14(19)10-15(18)20/h3-6,9-10H,2,7-8,11H2,1H3. The van der Waals surface area contributed by atoms with Gasteiger partial charge in [0.2, 0.25) is 10.0 Å². The second-order valence-electron chi connectivity index (χ2n) is 5.85. The highest BCUT2D eigenvalue weighted by Gasteiger charge is 2.28. The molecule has 26 heavy (non-hydrogen) atoms. The summed E-state index contributed by atoms with van der Waals surface area (Å²) in [5.74, 6) is -2.20. The molecule has 0 fully saturated rings. The van der Waals surface area contributed by atoms with Gasteiger partial charge in [0.1, 0.15) is 5.82 Å². The predicted octanol–water partition coefficient (Wildman–Crippen LogP) is 2.94. The monoisotopic (exact) mass is 381 g/mol. The van der Waals surface area contributed by atoms with Crippen molar-refractivity contribution in [2.24, 2.45) is 0 Å². The molecular weight excluding hydrogens is 364 g/mol. The maximum Gasteiger partial charge on any atom is 0.234 e. The van der Waals surface area contributed by atoms with Crippen molar-refractivity contribution in [3.63, 3.8) is 0 Å². The average molecular weight is 381 g/mol. The summed E-state index contributed by atoms with van der Waals surface area (Å²) < 4.78 is 57.0. The van der Waals surface area contributed by atoms with Gasteiger partial charge in [-0.25, -0.2) is 17.2 Å². The van der Waals surface area contributed by atoms with Crippen LogP contribution in [-0.2, 0) is 16.4 Å². The molecule has 2 aromatic rings. The summed E-state index contributed by atoms with van der Waals surface area (Å²) in [7, 11) is -3.35. The molecule has 1 aliphatic rings. The summed E-state index contributed by atoms with van der Waals surface area (Å²) >= 11 is 0. The maximum atomic E-state index is 13.5. The Morgan fingerprint density at radius 3 is 2.65 bits per heavy atom. The van der Waals surface area contributed by atoms with Crippen LogP contribution in [0, 0.1) is 11.6 Å². The fourth-order valence-corrected chi connectivity index (χ4v) is 3.97. The zero-order valence-electron chi connectivity index (χ0n) is 14.0. The van der Waals surface area contributed by atoms with Crippen LogP contribution in [0.5, 0.6) is 5.75 Å². The third-order valence-electron chi connectivity index (χ3n) is 4.21. The molecule has 0 unspecified atom stereocenters. The van der Waals surface area contributed by atoms with E-state index in [0.29, 0.717) is 30.3 Å². The van der Waals surface area contributed by atoms with Crippen LogP contribution in [0.1, 0.15) is 22.8 Å². The molecule has 3 rings (SSSR count). The van der Waals surface area contributed by atoms with E-state index in [1.807, 2.05) is 0 Å². The number of hydrogen-bond donors (Lipinski definition) is 0. The van der Waals surface area contributed by atoms with Crippen molar-refractivity contribution in [2.75, 3.05) is 23.2 Å². The molecule has 0 atom stereocenters. The Balaban J connectivity index is 1.74. The molecule has 2 aromatic carbocycles. The molecule has 8 heteroatoms. The van der Waals surface area contributed by atoms with Gasteiger partial charge in [-0.15, -0.1) is 0 Å². The fourth-order valence-electron chi connectivity index (χ4n) is 2.81. The van der Waals surface area contributed by atoms with E-state index in [1.165, 1.54) is 10.4 Å². The van der Waals surface area contributed by atoms with Gasteiger partial charge in [-0.05, 0) is 49.2 Å². The Kier molecular flexibility index (Phi) is 4.95. The van der Waals surface area contributed by atoms with Crippen LogP contribution in [0.2, 0.25) is 0 Å². The van der Waals surface area contributed by atoms with E-state index in [1.54, 1.807) is 19.1 Å². The molecule has 5 nitrogen and oxygen atoms in total. The summed E-state index contributed by atoms with van der Waals surface area (Å²) in [6, 6.07) is 7.59. The zero-order valence-corrected chi connectivity index (χ0v) is 14.9. The van der Waals surface area contributed by atoms with Gasteiger partial charge in [0.25, 0.3) is 0 Å². The number of ketones is 1. The third-order valence-corrected chi connectivity index (χ3v) is 5.99. The lowest BCUT2D eigenvalue weighted by molar-refractivity contribution is 0.0918. The first-order chi connectivity index (χ1) is 12.3. The van der Waals surface area contributed by atoms with Crippen LogP contribution < -0.4 is 9.04 Å². The van der Waals surface area contributed by atoms with Gasteiger partial charge in [-0.3, -0.25) is 9.10 Å². The number of rotatable bonds is 6. The van der Waals surface area contributed by atoms with E-state index in [4.69, 9.17) is 4.74 Å². The van der Waals surface area contributed by atoms with Crippen molar-refractivity contribution in [3.8, 4) is 5.75 Å². The number of hydrogen-bond acceptors (Lipinski definition) is 4. The largest absolute Gasteiger partial charge is 0.482 e. The second kappa shape index (κ2) is 7.03. The highest BCUT2D eigenvalue weighted by atomic mass is 32.2. The van der Waals surface area contributed by atoms with Gasteiger partial charge in [0.15, 0.2) is 24.0 Å². The van der Waals surface area contributed by atoms with Gasteiger partial charge in [-0.2, -0.15) is 0 Å².